The van der Waals surface area contributed by atoms with E-state index in [1.165, 1.54) is 19.9 Å². The zero-order valence-electron chi connectivity index (χ0n) is 41.5. The van der Waals surface area contributed by atoms with Gasteiger partial charge in [0, 0.05) is 26.2 Å². The van der Waals surface area contributed by atoms with E-state index in [0.29, 0.717) is 91.4 Å². The molecule has 0 radical (unpaired) electrons. The maximum Gasteiger partial charge on any atom is 0.410 e. The van der Waals surface area contributed by atoms with Crippen LogP contribution in [0.5, 0.6) is 0 Å². The number of hydroxylamine groups is 5. The van der Waals surface area contributed by atoms with Crippen LogP contribution in [0.15, 0.2) is 60.7 Å². The number of rotatable bonds is 13. The van der Waals surface area contributed by atoms with E-state index in [-0.39, 0.29) is 55.5 Å². The number of carboxylic acid groups (broad SMARTS) is 1. The molecule has 6 saturated heterocycles. The Kier molecular flexibility index (Phi) is 19.2. The summed E-state index contributed by atoms with van der Waals surface area (Å²) in [6, 6.07) is 17.1. The van der Waals surface area contributed by atoms with Gasteiger partial charge in [-0.3, -0.25) is 19.3 Å². The Morgan fingerprint density at radius 2 is 1.08 bits per heavy atom. The van der Waals surface area contributed by atoms with Gasteiger partial charge in [-0.15, -0.1) is 0 Å². The minimum absolute atomic E-state index is 0.0400. The van der Waals surface area contributed by atoms with E-state index in [2.05, 4.69) is 10.3 Å². The Hall–Kier alpha value is -5.82. The fourth-order valence-corrected chi connectivity index (χ4v) is 8.57. The normalized spacial score (nSPS) is 24.1. The van der Waals surface area contributed by atoms with Crippen molar-refractivity contribution >= 4 is 36.1 Å². The number of morpholine rings is 2. The van der Waals surface area contributed by atoms with Gasteiger partial charge in [0.25, 0.3) is 5.91 Å². The number of carboxylic acids is 1. The van der Waals surface area contributed by atoms with Gasteiger partial charge < -0.3 is 48.5 Å². The van der Waals surface area contributed by atoms with Crippen LogP contribution in [-0.2, 0) is 61.1 Å². The van der Waals surface area contributed by atoms with E-state index < -0.39 is 41.5 Å². The predicted molar refractivity (Wildman–Crippen MR) is 251 cm³/mol. The first-order chi connectivity index (χ1) is 33.8. The number of aliphatic carboxylic acids is 1. The number of carbonyl (C=O) groups is 6. The van der Waals surface area contributed by atoms with Crippen LogP contribution in [0.3, 0.4) is 0 Å². The molecule has 6 atom stereocenters. The van der Waals surface area contributed by atoms with Crippen molar-refractivity contribution < 1.29 is 72.2 Å². The number of urea groups is 2. The lowest BCUT2D eigenvalue weighted by molar-refractivity contribution is -0.145. The molecule has 6 fully saturated rings. The molecule has 0 saturated carbocycles. The SMILES string of the molecule is CC(C)(C)OC(=O)N1CCOC(CON)C1.CC(C)(C)OC(=O)N1CCOC(CONC(=O)[C@@H]2CC[C@@H]3CN2C(=O)N3OCc2ccccc2)C1.O=C(O)[C@@H]1CC[C@@H]2CN1C(=O)N2OCc1ccccc1. The van der Waals surface area contributed by atoms with Crippen molar-refractivity contribution in [1.29, 1.82) is 0 Å². The highest BCUT2D eigenvalue weighted by Crippen LogP contribution is 2.32. The molecule has 392 valence electrons. The Labute approximate surface area is 414 Å². The summed E-state index contributed by atoms with van der Waals surface area (Å²) in [6.45, 7) is 15.3. The highest BCUT2D eigenvalue weighted by atomic mass is 16.7. The molecule has 23 heteroatoms. The molecule has 6 aliphatic rings. The Balaban J connectivity index is 0.000000193. The zero-order chi connectivity index (χ0) is 51.3. The van der Waals surface area contributed by atoms with Crippen molar-refractivity contribution in [3.05, 3.63) is 71.8 Å². The molecule has 2 aromatic rings. The highest BCUT2D eigenvalue weighted by molar-refractivity contribution is 5.88. The second-order valence-corrected chi connectivity index (χ2v) is 19.8. The van der Waals surface area contributed by atoms with Crippen LogP contribution in [0.1, 0.15) is 78.4 Å². The summed E-state index contributed by atoms with van der Waals surface area (Å²) in [5.41, 5.74) is 3.34. The molecule has 2 aromatic carbocycles. The van der Waals surface area contributed by atoms with Crippen molar-refractivity contribution in [2.75, 3.05) is 65.7 Å². The van der Waals surface area contributed by atoms with Gasteiger partial charge in [0.15, 0.2) is 0 Å². The number of amides is 7. The molecule has 2 unspecified atom stereocenters. The molecule has 0 aliphatic carbocycles. The summed E-state index contributed by atoms with van der Waals surface area (Å²) in [7, 11) is 0. The van der Waals surface area contributed by atoms with Gasteiger partial charge in [-0.2, -0.15) is 10.1 Å². The van der Waals surface area contributed by atoms with E-state index in [9.17, 15) is 28.8 Å². The smallest absolute Gasteiger partial charge is 0.410 e. The summed E-state index contributed by atoms with van der Waals surface area (Å²) in [5.74, 6) is 3.64. The maximum atomic E-state index is 12.9. The minimum Gasteiger partial charge on any atom is -0.480 e. The van der Waals surface area contributed by atoms with Gasteiger partial charge in [-0.25, -0.2) is 35.3 Å². The van der Waals surface area contributed by atoms with Crippen molar-refractivity contribution in [2.45, 2.75) is 128 Å². The number of hydrogen-bond donors (Lipinski definition) is 3. The summed E-state index contributed by atoms with van der Waals surface area (Å²) < 4.78 is 21.7. The third-order valence-corrected chi connectivity index (χ3v) is 12.0. The standard InChI is InChI=1S/C24H34N4O7.C14H16N2O4.C10H20N2O4/c1-24(2,3)35-23(31)26-11-12-32-19(14-26)16-33-25-21(29)20-10-9-18-13-27(20)22(30)28(18)34-15-17-7-5-4-6-8-17;17-13(18)12-7-6-11-8-15(12)14(19)16(11)20-9-10-4-2-1-3-5-10;1-10(2,3)16-9(13)12-4-5-14-8(6-12)7-15-11/h4-8,18-20H,9-16H2,1-3H3,(H,25,29);1-5,11-12H,6-9H2,(H,17,18);8H,4-7,11H2,1-3H3/t18-,19?,20+;11-,12+;/m11./s1. The molecule has 8 rings (SSSR count). The van der Waals surface area contributed by atoms with Gasteiger partial charge in [-0.05, 0) is 78.4 Å². The predicted octanol–water partition coefficient (Wildman–Crippen LogP) is 4.05. The second kappa shape index (κ2) is 25.0. The Morgan fingerprint density at radius 1 is 0.648 bits per heavy atom. The van der Waals surface area contributed by atoms with Crippen molar-refractivity contribution in [3.63, 3.8) is 0 Å². The van der Waals surface area contributed by atoms with Gasteiger partial charge in [-0.1, -0.05) is 60.7 Å². The molecule has 23 nitrogen and oxygen atoms in total. The average molecular weight is 999 g/mol. The number of ether oxygens (including phenoxy) is 4. The lowest BCUT2D eigenvalue weighted by atomic mass is 10.0. The molecule has 6 heterocycles. The fraction of sp³-hybridized carbons (Fsp3) is 0.625. The van der Waals surface area contributed by atoms with Crippen LogP contribution in [-0.4, -0.2) is 184 Å². The second-order valence-electron chi connectivity index (χ2n) is 19.8. The van der Waals surface area contributed by atoms with E-state index in [4.69, 9.17) is 44.5 Å². The highest BCUT2D eigenvalue weighted by Gasteiger charge is 2.49. The first kappa shape index (κ1) is 54.5. The lowest BCUT2D eigenvalue weighted by Gasteiger charge is -2.34. The molecule has 0 spiro atoms. The van der Waals surface area contributed by atoms with E-state index in [1.807, 2.05) is 102 Å². The number of nitrogens with one attached hydrogen (secondary N) is 1. The van der Waals surface area contributed by atoms with Crippen LogP contribution < -0.4 is 11.4 Å². The number of benzene rings is 2. The van der Waals surface area contributed by atoms with Gasteiger partial charge in [0.05, 0.1) is 45.0 Å². The number of hydrogen-bond acceptors (Lipinski definition) is 15. The Bertz CT molecular complexity index is 2090. The maximum absolute atomic E-state index is 12.9. The molecule has 71 heavy (non-hydrogen) atoms. The number of fused-ring (bicyclic) bond motifs is 4. The van der Waals surface area contributed by atoms with Crippen LogP contribution >= 0.6 is 0 Å². The summed E-state index contributed by atoms with van der Waals surface area (Å²) in [6.07, 6.45) is 1.02. The molecule has 0 aromatic heterocycles. The van der Waals surface area contributed by atoms with Gasteiger partial charge in [0.2, 0.25) is 0 Å². The largest absolute Gasteiger partial charge is 0.480 e. The first-order valence-corrected chi connectivity index (χ1v) is 24.0. The summed E-state index contributed by atoms with van der Waals surface area (Å²) in [4.78, 5) is 100. The fourth-order valence-electron chi connectivity index (χ4n) is 8.57. The number of nitrogens with zero attached hydrogens (tertiary/aromatic N) is 6. The minimum atomic E-state index is -0.943. The molecule has 4 bridgehead atoms. The number of nitrogens with two attached hydrogens (primary N) is 1. The molecular weight excluding hydrogens is 929 g/mol. The number of piperidine rings is 2. The molecule has 7 amide bonds. The van der Waals surface area contributed by atoms with Crippen molar-refractivity contribution in [1.82, 2.24) is 35.2 Å². The molecular formula is C48H70N8O15. The van der Waals surface area contributed by atoms with Crippen LogP contribution in [0.25, 0.3) is 0 Å². The summed E-state index contributed by atoms with van der Waals surface area (Å²) >= 11 is 0. The van der Waals surface area contributed by atoms with E-state index >= 15 is 0 Å². The van der Waals surface area contributed by atoms with Gasteiger partial charge >= 0.3 is 30.2 Å². The summed E-state index contributed by atoms with van der Waals surface area (Å²) in [5, 5.41) is 11.9. The van der Waals surface area contributed by atoms with Crippen LogP contribution in [0.4, 0.5) is 19.2 Å². The third-order valence-electron chi connectivity index (χ3n) is 12.0. The van der Waals surface area contributed by atoms with E-state index in [0.717, 1.165) is 11.1 Å². The third kappa shape index (κ3) is 15.8. The monoisotopic (exact) mass is 998 g/mol. The number of carbonyl (C=O) groups excluding carboxylic acids is 5. The average Bonchev–Trinajstić information content (AvgIpc) is 3.71. The molecule has 4 N–H and O–H groups in total. The van der Waals surface area contributed by atoms with Crippen molar-refractivity contribution in [2.24, 2.45) is 5.90 Å². The van der Waals surface area contributed by atoms with Crippen LogP contribution in [0, 0.1) is 0 Å². The molecule has 6 aliphatic heterocycles. The topological polar surface area (TPSA) is 254 Å². The van der Waals surface area contributed by atoms with Crippen molar-refractivity contribution in [3.8, 4) is 0 Å². The lowest BCUT2D eigenvalue weighted by Crippen LogP contribution is -2.51. The quantitative estimate of drug-likeness (QED) is 0.239. The first-order valence-electron chi connectivity index (χ1n) is 24.0. The van der Waals surface area contributed by atoms with Gasteiger partial charge in [0.1, 0.15) is 55.3 Å². The zero-order valence-corrected chi connectivity index (χ0v) is 41.5. The van der Waals surface area contributed by atoms with E-state index in [1.54, 1.807) is 9.80 Å². The van der Waals surface area contributed by atoms with Crippen LogP contribution in [0.2, 0.25) is 0 Å². The Morgan fingerprint density at radius 3 is 1.52 bits per heavy atom.